The molecule has 0 radical (unpaired) electrons. The van der Waals surface area contributed by atoms with Crippen LogP contribution in [0.15, 0.2) is 6.20 Å². The molecule has 1 aromatic rings. The van der Waals surface area contributed by atoms with Crippen LogP contribution in [0.3, 0.4) is 0 Å². The van der Waals surface area contributed by atoms with Gasteiger partial charge >= 0.3 is 0 Å². The Morgan fingerprint density at radius 2 is 2.47 bits per heavy atom. The van der Waals surface area contributed by atoms with E-state index in [1.807, 2.05) is 4.68 Å². The summed E-state index contributed by atoms with van der Waals surface area (Å²) in [5, 5.41) is 4.29. The van der Waals surface area contributed by atoms with Crippen molar-refractivity contribution in [1.29, 1.82) is 0 Å². The van der Waals surface area contributed by atoms with E-state index in [0.29, 0.717) is 5.92 Å². The number of nitrogens with two attached hydrogens (primary N) is 1. The first kappa shape index (κ1) is 12.4. The molecule has 96 valence electrons. The summed E-state index contributed by atoms with van der Waals surface area (Å²) in [6, 6.07) is -0.0788. The topological polar surface area (TPSA) is 62.3 Å². The van der Waals surface area contributed by atoms with Crippen molar-refractivity contribution in [3.63, 3.8) is 0 Å². The molecular formula is C12H21N3O2. The fourth-order valence-electron chi connectivity index (χ4n) is 2.55. The number of hydrogen-bond acceptors (Lipinski definition) is 4. The van der Waals surface area contributed by atoms with Crippen LogP contribution in [0.25, 0.3) is 0 Å². The third-order valence-electron chi connectivity index (χ3n) is 3.58. The van der Waals surface area contributed by atoms with Crippen molar-refractivity contribution in [2.24, 2.45) is 11.7 Å². The molecule has 1 aromatic heterocycles. The van der Waals surface area contributed by atoms with E-state index >= 15 is 0 Å². The Bertz CT molecular complexity index is 356. The van der Waals surface area contributed by atoms with Crippen molar-refractivity contribution in [2.75, 3.05) is 13.7 Å². The van der Waals surface area contributed by atoms with Gasteiger partial charge in [0.2, 0.25) is 0 Å². The van der Waals surface area contributed by atoms with Crippen LogP contribution < -0.4 is 10.5 Å². The molecule has 0 saturated carbocycles. The van der Waals surface area contributed by atoms with E-state index in [2.05, 4.69) is 18.9 Å². The van der Waals surface area contributed by atoms with Crippen LogP contribution in [0, 0.1) is 5.92 Å². The second-order valence-corrected chi connectivity index (χ2v) is 4.47. The minimum Gasteiger partial charge on any atom is -0.493 e. The molecule has 2 rings (SSSR count). The highest BCUT2D eigenvalue weighted by Crippen LogP contribution is 2.35. The zero-order chi connectivity index (χ0) is 12.4. The Balaban J connectivity index is 2.28. The van der Waals surface area contributed by atoms with Crippen molar-refractivity contribution < 1.29 is 9.47 Å². The smallest absolute Gasteiger partial charge is 0.161 e. The van der Waals surface area contributed by atoms with Gasteiger partial charge in [-0.15, -0.1) is 0 Å². The number of aryl methyl sites for hydroxylation is 1. The molecule has 17 heavy (non-hydrogen) atoms. The van der Waals surface area contributed by atoms with Crippen molar-refractivity contribution in [3.8, 4) is 5.75 Å². The normalized spacial score (nSPS) is 26.1. The first-order valence-electron chi connectivity index (χ1n) is 6.15. The highest BCUT2D eigenvalue weighted by Gasteiger charge is 2.34. The Labute approximate surface area is 102 Å². The van der Waals surface area contributed by atoms with Crippen LogP contribution in [-0.4, -0.2) is 29.6 Å². The predicted molar refractivity (Wildman–Crippen MR) is 64.9 cm³/mol. The maximum atomic E-state index is 6.37. The lowest BCUT2D eigenvalue weighted by Gasteiger charge is -2.23. The van der Waals surface area contributed by atoms with Crippen LogP contribution in [0.1, 0.15) is 32.0 Å². The van der Waals surface area contributed by atoms with Crippen molar-refractivity contribution in [3.05, 3.63) is 11.9 Å². The van der Waals surface area contributed by atoms with Gasteiger partial charge in [-0.05, 0) is 20.3 Å². The van der Waals surface area contributed by atoms with E-state index < -0.39 is 0 Å². The molecule has 1 aliphatic heterocycles. The van der Waals surface area contributed by atoms with Gasteiger partial charge < -0.3 is 15.2 Å². The average Bonchev–Trinajstić information content (AvgIpc) is 2.93. The summed E-state index contributed by atoms with van der Waals surface area (Å²) >= 11 is 0. The van der Waals surface area contributed by atoms with E-state index in [1.165, 1.54) is 0 Å². The van der Waals surface area contributed by atoms with Crippen molar-refractivity contribution in [1.82, 2.24) is 9.78 Å². The Morgan fingerprint density at radius 3 is 3.00 bits per heavy atom. The zero-order valence-electron chi connectivity index (χ0n) is 10.7. The van der Waals surface area contributed by atoms with Crippen LogP contribution in [0.5, 0.6) is 5.75 Å². The molecule has 1 saturated heterocycles. The monoisotopic (exact) mass is 239 g/mol. The fourth-order valence-corrected chi connectivity index (χ4v) is 2.55. The Kier molecular flexibility index (Phi) is 3.69. The number of nitrogens with zero attached hydrogens (tertiary/aromatic N) is 2. The second-order valence-electron chi connectivity index (χ2n) is 4.47. The van der Waals surface area contributed by atoms with E-state index in [-0.39, 0.29) is 12.1 Å². The van der Waals surface area contributed by atoms with E-state index in [9.17, 15) is 0 Å². The lowest BCUT2D eigenvalue weighted by atomic mass is 9.91. The summed E-state index contributed by atoms with van der Waals surface area (Å²) in [7, 11) is 1.65. The largest absolute Gasteiger partial charge is 0.493 e. The van der Waals surface area contributed by atoms with Gasteiger partial charge in [0.25, 0.3) is 0 Å². The third-order valence-corrected chi connectivity index (χ3v) is 3.58. The molecule has 0 spiro atoms. The quantitative estimate of drug-likeness (QED) is 0.861. The molecule has 1 fully saturated rings. The van der Waals surface area contributed by atoms with Gasteiger partial charge in [0, 0.05) is 19.1 Å². The van der Waals surface area contributed by atoms with Gasteiger partial charge in [-0.25, -0.2) is 0 Å². The molecule has 2 heterocycles. The molecule has 3 atom stereocenters. The summed E-state index contributed by atoms with van der Waals surface area (Å²) in [5.74, 6) is 1.12. The second kappa shape index (κ2) is 5.06. The van der Waals surface area contributed by atoms with Crippen molar-refractivity contribution in [2.45, 2.75) is 39.0 Å². The number of rotatable bonds is 4. The van der Waals surface area contributed by atoms with Gasteiger partial charge in [-0.3, -0.25) is 4.68 Å². The van der Waals surface area contributed by atoms with Crippen molar-refractivity contribution >= 4 is 0 Å². The zero-order valence-corrected chi connectivity index (χ0v) is 10.7. The van der Waals surface area contributed by atoms with Gasteiger partial charge in [-0.2, -0.15) is 5.10 Å². The van der Waals surface area contributed by atoms with Crippen LogP contribution in [0.2, 0.25) is 0 Å². The summed E-state index contributed by atoms with van der Waals surface area (Å²) in [6.07, 6.45) is 2.94. The number of hydrogen-bond donors (Lipinski definition) is 1. The minimum absolute atomic E-state index is 0.0788. The molecule has 5 heteroatoms. The summed E-state index contributed by atoms with van der Waals surface area (Å²) in [4.78, 5) is 0. The SMILES string of the molecule is CCn1ncc(OC)c1C(N)C1CCOC1C. The molecule has 3 unspecified atom stereocenters. The average molecular weight is 239 g/mol. The maximum Gasteiger partial charge on any atom is 0.161 e. The van der Waals surface area contributed by atoms with Gasteiger partial charge in [0.05, 0.1) is 31.1 Å². The van der Waals surface area contributed by atoms with Gasteiger partial charge in [0.15, 0.2) is 5.75 Å². The van der Waals surface area contributed by atoms with Gasteiger partial charge in [0.1, 0.15) is 0 Å². The molecule has 1 aliphatic rings. The minimum atomic E-state index is -0.0788. The first-order chi connectivity index (χ1) is 8.19. The standard InChI is InChI=1S/C12H21N3O2/c1-4-15-12(10(16-3)7-14-15)11(13)9-5-6-17-8(9)2/h7-9,11H,4-6,13H2,1-3H3. The summed E-state index contributed by atoms with van der Waals surface area (Å²) < 4.78 is 12.8. The molecule has 0 amide bonds. The molecule has 5 nitrogen and oxygen atoms in total. The molecule has 0 aromatic carbocycles. The molecule has 0 aliphatic carbocycles. The van der Waals surface area contributed by atoms with Crippen LogP contribution >= 0.6 is 0 Å². The summed E-state index contributed by atoms with van der Waals surface area (Å²) in [5.41, 5.74) is 7.35. The fraction of sp³-hybridized carbons (Fsp3) is 0.750. The Hall–Kier alpha value is -1.07. The highest BCUT2D eigenvalue weighted by molar-refractivity contribution is 5.29. The lowest BCUT2D eigenvalue weighted by molar-refractivity contribution is 0.0984. The number of ether oxygens (including phenoxy) is 2. The third kappa shape index (κ3) is 2.17. The summed E-state index contributed by atoms with van der Waals surface area (Å²) in [6.45, 7) is 5.73. The molecule has 2 N–H and O–H groups in total. The predicted octanol–water partition coefficient (Wildman–Crippen LogP) is 1.34. The first-order valence-corrected chi connectivity index (χ1v) is 6.15. The van der Waals surface area contributed by atoms with Crippen LogP contribution in [-0.2, 0) is 11.3 Å². The molecular weight excluding hydrogens is 218 g/mol. The van der Waals surface area contributed by atoms with E-state index in [0.717, 1.165) is 31.0 Å². The lowest BCUT2D eigenvalue weighted by Crippen LogP contribution is -2.29. The van der Waals surface area contributed by atoms with Gasteiger partial charge in [-0.1, -0.05) is 0 Å². The van der Waals surface area contributed by atoms with E-state index in [1.54, 1.807) is 13.3 Å². The number of methoxy groups -OCH3 is 1. The number of aromatic nitrogens is 2. The highest BCUT2D eigenvalue weighted by atomic mass is 16.5. The van der Waals surface area contributed by atoms with E-state index in [4.69, 9.17) is 15.2 Å². The van der Waals surface area contributed by atoms with Crippen LogP contribution in [0.4, 0.5) is 0 Å². The Morgan fingerprint density at radius 1 is 1.71 bits per heavy atom. The molecule has 0 bridgehead atoms. The maximum absolute atomic E-state index is 6.37.